The van der Waals surface area contributed by atoms with Crippen molar-refractivity contribution in [3.63, 3.8) is 0 Å². The number of carbonyl (C=O) groups excluding carboxylic acids is 1. The van der Waals surface area contributed by atoms with Gasteiger partial charge in [-0.2, -0.15) is 0 Å². The lowest BCUT2D eigenvalue weighted by Crippen LogP contribution is -2.37. The zero-order valence-electron chi connectivity index (χ0n) is 17.7. The van der Waals surface area contributed by atoms with Crippen molar-refractivity contribution >= 4 is 21.6 Å². The van der Waals surface area contributed by atoms with Gasteiger partial charge in [0.15, 0.2) is 0 Å². The molecule has 2 saturated heterocycles. The molecule has 0 saturated carbocycles. The smallest absolute Gasteiger partial charge is 0.254 e. The zero-order valence-corrected chi connectivity index (χ0v) is 18.5. The van der Waals surface area contributed by atoms with E-state index in [2.05, 4.69) is 0 Å². The molecule has 2 aliphatic heterocycles. The summed E-state index contributed by atoms with van der Waals surface area (Å²) in [6, 6.07) is 14.5. The highest BCUT2D eigenvalue weighted by Gasteiger charge is 2.29. The highest BCUT2D eigenvalue weighted by atomic mass is 32.2. The molecular weight excluding hydrogens is 416 g/mol. The summed E-state index contributed by atoms with van der Waals surface area (Å²) in [5.41, 5.74) is 2.11. The molecule has 166 valence electrons. The number of nitrogens with zero attached hydrogens (tertiary/aromatic N) is 2. The number of rotatable bonds is 7. The summed E-state index contributed by atoms with van der Waals surface area (Å²) < 4.78 is 36.8. The van der Waals surface area contributed by atoms with Crippen molar-refractivity contribution < 1.29 is 22.7 Å². The normalized spacial score (nSPS) is 20.0. The van der Waals surface area contributed by atoms with Gasteiger partial charge in [0.2, 0.25) is 10.0 Å². The molecule has 1 amide bonds. The minimum absolute atomic E-state index is 0.0311. The Morgan fingerprint density at radius 3 is 2.65 bits per heavy atom. The SMILES string of the molecule is COc1cccc(CN(CC2CCCO2)C(=O)c2ccc(N3CCCS3(=O)=O)cc2)c1. The number of ether oxygens (including phenoxy) is 2. The molecule has 2 heterocycles. The Morgan fingerprint density at radius 2 is 2.00 bits per heavy atom. The molecule has 1 unspecified atom stereocenters. The number of methoxy groups -OCH3 is 1. The number of amides is 1. The van der Waals surface area contributed by atoms with Crippen LogP contribution in [0.25, 0.3) is 0 Å². The summed E-state index contributed by atoms with van der Waals surface area (Å²) in [6.07, 6.45) is 2.60. The number of anilines is 1. The predicted molar refractivity (Wildman–Crippen MR) is 119 cm³/mol. The Balaban J connectivity index is 1.54. The third-order valence-corrected chi connectivity index (χ3v) is 7.61. The Hall–Kier alpha value is -2.58. The van der Waals surface area contributed by atoms with E-state index in [0.29, 0.717) is 37.3 Å². The van der Waals surface area contributed by atoms with Crippen molar-refractivity contribution in [1.82, 2.24) is 4.90 Å². The highest BCUT2D eigenvalue weighted by Crippen LogP contribution is 2.25. The summed E-state index contributed by atoms with van der Waals surface area (Å²) in [5, 5.41) is 0. The third kappa shape index (κ3) is 5.02. The van der Waals surface area contributed by atoms with Crippen molar-refractivity contribution in [2.24, 2.45) is 0 Å². The van der Waals surface area contributed by atoms with E-state index in [-0.39, 0.29) is 17.8 Å². The Morgan fingerprint density at radius 1 is 1.19 bits per heavy atom. The molecule has 2 aromatic carbocycles. The summed E-state index contributed by atoms with van der Waals surface area (Å²) in [6.45, 7) is 2.16. The van der Waals surface area contributed by atoms with Gasteiger partial charge in [-0.15, -0.1) is 0 Å². The van der Waals surface area contributed by atoms with Crippen molar-refractivity contribution in [3.8, 4) is 5.75 Å². The topological polar surface area (TPSA) is 76.2 Å². The molecule has 2 fully saturated rings. The maximum absolute atomic E-state index is 13.4. The first-order chi connectivity index (χ1) is 15.0. The van der Waals surface area contributed by atoms with Gasteiger partial charge in [0.05, 0.1) is 24.7 Å². The van der Waals surface area contributed by atoms with Crippen LogP contribution in [0.5, 0.6) is 5.75 Å². The lowest BCUT2D eigenvalue weighted by atomic mass is 10.1. The van der Waals surface area contributed by atoms with Gasteiger partial charge in [-0.05, 0) is 61.2 Å². The van der Waals surface area contributed by atoms with Crippen molar-refractivity contribution in [3.05, 3.63) is 59.7 Å². The van der Waals surface area contributed by atoms with Gasteiger partial charge in [-0.25, -0.2) is 8.42 Å². The molecule has 0 radical (unpaired) electrons. The molecule has 2 aromatic rings. The van der Waals surface area contributed by atoms with Crippen LogP contribution >= 0.6 is 0 Å². The van der Waals surface area contributed by atoms with E-state index in [1.807, 2.05) is 24.3 Å². The van der Waals surface area contributed by atoms with Crippen molar-refractivity contribution in [2.45, 2.75) is 31.9 Å². The molecule has 7 nitrogen and oxygen atoms in total. The molecule has 31 heavy (non-hydrogen) atoms. The summed E-state index contributed by atoms with van der Waals surface area (Å²) >= 11 is 0. The van der Waals surface area contributed by atoms with E-state index < -0.39 is 10.0 Å². The summed E-state index contributed by atoms with van der Waals surface area (Å²) in [5.74, 6) is 0.816. The minimum atomic E-state index is -3.24. The molecule has 0 aromatic heterocycles. The van der Waals surface area contributed by atoms with Crippen LogP contribution in [0, 0.1) is 0 Å². The second-order valence-corrected chi connectivity index (χ2v) is 9.97. The number of hydrogen-bond donors (Lipinski definition) is 0. The minimum Gasteiger partial charge on any atom is -0.497 e. The van der Waals surface area contributed by atoms with Crippen LogP contribution in [-0.4, -0.2) is 57.9 Å². The quantitative estimate of drug-likeness (QED) is 0.656. The van der Waals surface area contributed by atoms with Gasteiger partial charge < -0.3 is 14.4 Å². The first-order valence-corrected chi connectivity index (χ1v) is 12.2. The van der Waals surface area contributed by atoms with Crippen LogP contribution in [0.4, 0.5) is 5.69 Å². The standard InChI is InChI=1S/C23H28N2O5S/c1-29-21-6-2-5-18(15-21)16-24(17-22-7-3-13-30-22)23(26)19-8-10-20(11-9-19)25-12-4-14-31(25,27)28/h2,5-6,8-11,15,22H,3-4,7,12-14,16-17H2,1H3. The van der Waals surface area contributed by atoms with Gasteiger partial charge in [0, 0.05) is 31.8 Å². The van der Waals surface area contributed by atoms with E-state index in [1.165, 1.54) is 4.31 Å². The molecule has 4 rings (SSSR count). The van der Waals surface area contributed by atoms with E-state index in [0.717, 1.165) is 30.8 Å². The third-order valence-electron chi connectivity index (χ3n) is 5.74. The lowest BCUT2D eigenvalue weighted by Gasteiger charge is -2.26. The molecule has 1 atom stereocenters. The fourth-order valence-electron chi connectivity index (χ4n) is 4.13. The number of benzene rings is 2. The van der Waals surface area contributed by atoms with E-state index in [4.69, 9.17) is 9.47 Å². The summed E-state index contributed by atoms with van der Waals surface area (Å²) in [4.78, 5) is 15.2. The number of sulfonamides is 1. The van der Waals surface area contributed by atoms with Crippen LogP contribution in [0.3, 0.4) is 0 Å². The Labute approximate surface area is 183 Å². The second kappa shape index (κ2) is 9.28. The number of hydrogen-bond acceptors (Lipinski definition) is 5. The highest BCUT2D eigenvalue weighted by molar-refractivity contribution is 7.93. The van der Waals surface area contributed by atoms with Crippen LogP contribution in [0.2, 0.25) is 0 Å². The molecular formula is C23H28N2O5S. The van der Waals surface area contributed by atoms with Crippen molar-refractivity contribution in [2.75, 3.05) is 36.9 Å². The largest absolute Gasteiger partial charge is 0.497 e. The van der Waals surface area contributed by atoms with Crippen LogP contribution in [0.1, 0.15) is 35.2 Å². The van der Waals surface area contributed by atoms with E-state index in [1.54, 1.807) is 36.3 Å². The molecule has 0 aliphatic carbocycles. The zero-order chi connectivity index (χ0) is 21.8. The fraction of sp³-hybridized carbons (Fsp3) is 0.435. The first-order valence-electron chi connectivity index (χ1n) is 10.6. The van der Waals surface area contributed by atoms with Gasteiger partial charge in [0.1, 0.15) is 5.75 Å². The molecule has 0 N–H and O–H groups in total. The Bertz CT molecular complexity index is 1020. The molecule has 2 aliphatic rings. The monoisotopic (exact) mass is 444 g/mol. The predicted octanol–water partition coefficient (Wildman–Crippen LogP) is 3.06. The van der Waals surface area contributed by atoms with Gasteiger partial charge >= 0.3 is 0 Å². The van der Waals surface area contributed by atoms with Crippen LogP contribution in [-0.2, 0) is 21.3 Å². The summed E-state index contributed by atoms with van der Waals surface area (Å²) in [7, 11) is -1.62. The second-order valence-electron chi connectivity index (χ2n) is 7.96. The van der Waals surface area contributed by atoms with Crippen LogP contribution in [0.15, 0.2) is 48.5 Å². The molecule has 0 bridgehead atoms. The Kier molecular flexibility index (Phi) is 6.48. The lowest BCUT2D eigenvalue weighted by molar-refractivity contribution is 0.0507. The fourth-order valence-corrected chi connectivity index (χ4v) is 5.69. The molecule has 0 spiro atoms. The van der Waals surface area contributed by atoms with Crippen LogP contribution < -0.4 is 9.04 Å². The van der Waals surface area contributed by atoms with Gasteiger partial charge in [0.25, 0.3) is 5.91 Å². The maximum Gasteiger partial charge on any atom is 0.254 e. The van der Waals surface area contributed by atoms with Crippen molar-refractivity contribution in [1.29, 1.82) is 0 Å². The maximum atomic E-state index is 13.4. The average Bonchev–Trinajstić information content (AvgIpc) is 3.42. The average molecular weight is 445 g/mol. The van der Waals surface area contributed by atoms with E-state index in [9.17, 15) is 13.2 Å². The van der Waals surface area contributed by atoms with Gasteiger partial charge in [-0.3, -0.25) is 9.10 Å². The van der Waals surface area contributed by atoms with E-state index >= 15 is 0 Å². The first kappa shape index (κ1) is 21.6. The molecule has 8 heteroatoms. The van der Waals surface area contributed by atoms with Gasteiger partial charge in [-0.1, -0.05) is 12.1 Å². The number of carbonyl (C=O) groups is 1.